The van der Waals surface area contributed by atoms with Crippen LogP contribution in [-0.2, 0) is 16.0 Å². The van der Waals surface area contributed by atoms with Gasteiger partial charge in [-0.15, -0.1) is 0 Å². The monoisotopic (exact) mass is 336 g/mol. The van der Waals surface area contributed by atoms with E-state index in [4.69, 9.17) is 11.6 Å². The Hall–Kier alpha value is -1.55. The SMILES string of the molecule is CC(=O)N(CCC(=O)NCCc1cccc(Cl)c1)C1CCCC1. The summed E-state index contributed by atoms with van der Waals surface area (Å²) in [5, 5.41) is 3.63. The van der Waals surface area contributed by atoms with Gasteiger partial charge in [0, 0.05) is 37.5 Å². The van der Waals surface area contributed by atoms with Crippen LogP contribution in [0.5, 0.6) is 0 Å². The molecule has 0 aliphatic heterocycles. The summed E-state index contributed by atoms with van der Waals surface area (Å²) in [5.41, 5.74) is 1.11. The number of carbonyl (C=O) groups excluding carboxylic acids is 2. The van der Waals surface area contributed by atoms with Crippen molar-refractivity contribution in [2.75, 3.05) is 13.1 Å². The normalized spacial score (nSPS) is 14.7. The van der Waals surface area contributed by atoms with E-state index in [0.717, 1.165) is 24.8 Å². The number of hydrogen-bond donors (Lipinski definition) is 1. The molecule has 2 rings (SSSR count). The van der Waals surface area contributed by atoms with Crippen LogP contribution in [0.15, 0.2) is 24.3 Å². The second kappa shape index (κ2) is 8.92. The molecular formula is C18H25ClN2O2. The summed E-state index contributed by atoms with van der Waals surface area (Å²) in [6.07, 6.45) is 5.61. The van der Waals surface area contributed by atoms with Gasteiger partial charge in [0.15, 0.2) is 0 Å². The summed E-state index contributed by atoms with van der Waals surface area (Å²) in [6.45, 7) is 2.70. The van der Waals surface area contributed by atoms with E-state index in [2.05, 4.69) is 5.32 Å². The van der Waals surface area contributed by atoms with Gasteiger partial charge in [-0.2, -0.15) is 0 Å². The summed E-state index contributed by atoms with van der Waals surface area (Å²) >= 11 is 5.94. The van der Waals surface area contributed by atoms with Gasteiger partial charge in [-0.1, -0.05) is 36.6 Å². The van der Waals surface area contributed by atoms with E-state index in [-0.39, 0.29) is 11.8 Å². The van der Waals surface area contributed by atoms with Gasteiger partial charge in [0.1, 0.15) is 0 Å². The molecule has 23 heavy (non-hydrogen) atoms. The largest absolute Gasteiger partial charge is 0.356 e. The Morgan fingerprint density at radius 1 is 1.30 bits per heavy atom. The van der Waals surface area contributed by atoms with Crippen LogP contribution < -0.4 is 5.32 Å². The predicted octanol–water partition coefficient (Wildman–Crippen LogP) is 3.18. The van der Waals surface area contributed by atoms with E-state index < -0.39 is 0 Å². The Morgan fingerprint density at radius 2 is 2.04 bits per heavy atom. The zero-order valence-electron chi connectivity index (χ0n) is 13.7. The third-order valence-electron chi connectivity index (χ3n) is 4.37. The number of halogens is 1. The first-order chi connectivity index (χ1) is 11.1. The van der Waals surface area contributed by atoms with Crippen LogP contribution >= 0.6 is 11.6 Å². The third kappa shape index (κ3) is 5.87. The Labute approximate surface area is 143 Å². The van der Waals surface area contributed by atoms with Crippen molar-refractivity contribution in [3.05, 3.63) is 34.9 Å². The van der Waals surface area contributed by atoms with Gasteiger partial charge in [0.25, 0.3) is 0 Å². The number of carbonyl (C=O) groups is 2. The minimum Gasteiger partial charge on any atom is -0.356 e. The summed E-state index contributed by atoms with van der Waals surface area (Å²) in [5.74, 6) is 0.0694. The number of nitrogens with one attached hydrogen (secondary N) is 1. The first kappa shape index (κ1) is 17.8. The van der Waals surface area contributed by atoms with Crippen LogP contribution in [0.2, 0.25) is 5.02 Å². The molecule has 0 saturated heterocycles. The molecule has 0 aromatic heterocycles. The fraction of sp³-hybridized carbons (Fsp3) is 0.556. The zero-order valence-corrected chi connectivity index (χ0v) is 14.4. The van der Waals surface area contributed by atoms with Gasteiger partial charge < -0.3 is 10.2 Å². The average molecular weight is 337 g/mol. The molecule has 0 spiro atoms. The first-order valence-corrected chi connectivity index (χ1v) is 8.72. The van der Waals surface area contributed by atoms with Crippen molar-refractivity contribution in [3.8, 4) is 0 Å². The molecule has 1 aromatic rings. The minimum atomic E-state index is -0.00345. The maximum Gasteiger partial charge on any atom is 0.221 e. The molecule has 2 amide bonds. The highest BCUT2D eigenvalue weighted by Crippen LogP contribution is 2.23. The van der Waals surface area contributed by atoms with Crippen molar-refractivity contribution >= 4 is 23.4 Å². The van der Waals surface area contributed by atoms with E-state index in [1.54, 1.807) is 6.92 Å². The van der Waals surface area contributed by atoms with Gasteiger partial charge in [-0.25, -0.2) is 0 Å². The molecule has 4 nitrogen and oxygen atoms in total. The Morgan fingerprint density at radius 3 is 2.70 bits per heavy atom. The van der Waals surface area contributed by atoms with Crippen molar-refractivity contribution in [1.29, 1.82) is 0 Å². The summed E-state index contributed by atoms with van der Waals surface area (Å²) in [7, 11) is 0. The summed E-state index contributed by atoms with van der Waals surface area (Å²) < 4.78 is 0. The lowest BCUT2D eigenvalue weighted by Crippen LogP contribution is -2.40. The molecule has 1 aliphatic carbocycles. The number of nitrogens with zero attached hydrogens (tertiary/aromatic N) is 1. The fourth-order valence-electron chi connectivity index (χ4n) is 3.16. The standard InChI is InChI=1S/C18H25ClN2O2/c1-14(22)21(17-7-2-3-8-17)12-10-18(23)20-11-9-15-5-4-6-16(19)13-15/h4-6,13,17H,2-3,7-12H2,1H3,(H,20,23). The van der Waals surface area contributed by atoms with Crippen molar-refractivity contribution < 1.29 is 9.59 Å². The van der Waals surface area contributed by atoms with E-state index >= 15 is 0 Å². The molecule has 126 valence electrons. The number of amides is 2. The molecule has 1 N–H and O–H groups in total. The van der Waals surface area contributed by atoms with Crippen LogP contribution in [-0.4, -0.2) is 35.8 Å². The molecule has 0 bridgehead atoms. The Kier molecular flexibility index (Phi) is 6.90. The van der Waals surface area contributed by atoms with Crippen molar-refractivity contribution in [1.82, 2.24) is 10.2 Å². The minimum absolute atomic E-state index is 0.00345. The van der Waals surface area contributed by atoms with Crippen LogP contribution in [0.3, 0.4) is 0 Å². The molecule has 1 aliphatic rings. The van der Waals surface area contributed by atoms with E-state index in [0.29, 0.717) is 30.6 Å². The molecular weight excluding hydrogens is 312 g/mol. The maximum atomic E-state index is 12.0. The van der Waals surface area contributed by atoms with E-state index in [9.17, 15) is 9.59 Å². The van der Waals surface area contributed by atoms with E-state index in [1.165, 1.54) is 12.8 Å². The molecule has 0 unspecified atom stereocenters. The first-order valence-electron chi connectivity index (χ1n) is 8.34. The highest BCUT2D eigenvalue weighted by Gasteiger charge is 2.24. The fourth-order valence-corrected chi connectivity index (χ4v) is 3.38. The van der Waals surface area contributed by atoms with Crippen molar-refractivity contribution in [3.63, 3.8) is 0 Å². The highest BCUT2D eigenvalue weighted by atomic mass is 35.5. The number of hydrogen-bond acceptors (Lipinski definition) is 2. The molecule has 1 fully saturated rings. The Balaban J connectivity index is 1.70. The number of rotatable bonds is 7. The van der Waals surface area contributed by atoms with Gasteiger partial charge >= 0.3 is 0 Å². The van der Waals surface area contributed by atoms with Crippen LogP contribution in [0.4, 0.5) is 0 Å². The third-order valence-corrected chi connectivity index (χ3v) is 4.61. The lowest BCUT2D eigenvalue weighted by atomic mass is 10.1. The van der Waals surface area contributed by atoms with Crippen LogP contribution in [0, 0.1) is 0 Å². The molecule has 1 aromatic carbocycles. The lowest BCUT2D eigenvalue weighted by Gasteiger charge is -2.27. The van der Waals surface area contributed by atoms with E-state index in [1.807, 2.05) is 29.2 Å². The van der Waals surface area contributed by atoms with Crippen molar-refractivity contribution in [2.24, 2.45) is 0 Å². The van der Waals surface area contributed by atoms with Gasteiger partial charge in [0.2, 0.25) is 11.8 Å². The topological polar surface area (TPSA) is 49.4 Å². The van der Waals surface area contributed by atoms with Gasteiger partial charge in [-0.05, 0) is 37.0 Å². The highest BCUT2D eigenvalue weighted by molar-refractivity contribution is 6.30. The maximum absolute atomic E-state index is 12.0. The molecule has 5 heteroatoms. The second-order valence-corrected chi connectivity index (χ2v) is 6.57. The van der Waals surface area contributed by atoms with Crippen LogP contribution in [0.25, 0.3) is 0 Å². The van der Waals surface area contributed by atoms with Gasteiger partial charge in [0.05, 0.1) is 0 Å². The Bertz CT molecular complexity index is 542. The summed E-state index contributed by atoms with van der Waals surface area (Å²) in [4.78, 5) is 25.6. The molecule has 0 heterocycles. The van der Waals surface area contributed by atoms with Crippen molar-refractivity contribution in [2.45, 2.75) is 51.5 Å². The summed E-state index contributed by atoms with van der Waals surface area (Å²) in [6, 6.07) is 7.97. The van der Waals surface area contributed by atoms with Gasteiger partial charge in [-0.3, -0.25) is 9.59 Å². The molecule has 1 saturated carbocycles. The molecule has 0 atom stereocenters. The quantitative estimate of drug-likeness (QED) is 0.831. The zero-order chi connectivity index (χ0) is 16.7. The average Bonchev–Trinajstić information content (AvgIpc) is 3.01. The lowest BCUT2D eigenvalue weighted by molar-refractivity contribution is -0.131. The van der Waals surface area contributed by atoms with Crippen LogP contribution in [0.1, 0.15) is 44.6 Å². The molecule has 0 radical (unpaired) electrons. The number of benzene rings is 1. The smallest absolute Gasteiger partial charge is 0.221 e. The second-order valence-electron chi connectivity index (χ2n) is 6.13. The predicted molar refractivity (Wildman–Crippen MR) is 92.4 cm³/mol.